The highest BCUT2D eigenvalue weighted by Crippen LogP contribution is 2.48. The van der Waals surface area contributed by atoms with Gasteiger partial charge >= 0.3 is 0 Å². The first-order chi connectivity index (χ1) is 7.33. The van der Waals surface area contributed by atoms with Gasteiger partial charge in [0.25, 0.3) is 0 Å². The lowest BCUT2D eigenvalue weighted by Gasteiger charge is -2.15. The quantitative estimate of drug-likeness (QED) is 0.543. The van der Waals surface area contributed by atoms with Crippen molar-refractivity contribution in [1.82, 2.24) is 5.32 Å². The SMILES string of the molecule is COCCC1(CNCCCCCO)CC1. The number of unbranched alkanes of at least 4 members (excludes halogenated alkanes) is 2. The number of ether oxygens (including phenoxy) is 1. The van der Waals surface area contributed by atoms with Crippen molar-refractivity contribution in [3.8, 4) is 0 Å². The van der Waals surface area contributed by atoms with E-state index in [2.05, 4.69) is 5.32 Å². The molecule has 0 unspecified atom stereocenters. The highest BCUT2D eigenvalue weighted by molar-refractivity contribution is 4.94. The van der Waals surface area contributed by atoms with Crippen LogP contribution in [0.3, 0.4) is 0 Å². The molecule has 15 heavy (non-hydrogen) atoms. The average molecular weight is 215 g/mol. The van der Waals surface area contributed by atoms with Crippen LogP contribution in [0.4, 0.5) is 0 Å². The number of aliphatic hydroxyl groups excluding tert-OH is 1. The first kappa shape index (κ1) is 12.9. The van der Waals surface area contributed by atoms with Crippen molar-refractivity contribution in [3.63, 3.8) is 0 Å². The van der Waals surface area contributed by atoms with Crippen LogP contribution in [-0.2, 0) is 4.74 Å². The summed E-state index contributed by atoms with van der Waals surface area (Å²) in [4.78, 5) is 0. The van der Waals surface area contributed by atoms with Gasteiger partial charge in [0.1, 0.15) is 0 Å². The van der Waals surface area contributed by atoms with Gasteiger partial charge in [0, 0.05) is 26.9 Å². The number of methoxy groups -OCH3 is 1. The van der Waals surface area contributed by atoms with E-state index < -0.39 is 0 Å². The molecular weight excluding hydrogens is 190 g/mol. The maximum Gasteiger partial charge on any atom is 0.0468 e. The molecular formula is C12H25NO2. The predicted molar refractivity (Wildman–Crippen MR) is 62.0 cm³/mol. The van der Waals surface area contributed by atoms with Crippen LogP contribution in [0.15, 0.2) is 0 Å². The minimum atomic E-state index is 0.331. The summed E-state index contributed by atoms with van der Waals surface area (Å²) in [6.07, 6.45) is 7.18. The molecule has 1 aliphatic rings. The van der Waals surface area contributed by atoms with E-state index in [4.69, 9.17) is 9.84 Å². The highest BCUT2D eigenvalue weighted by Gasteiger charge is 2.41. The number of aliphatic hydroxyl groups is 1. The van der Waals surface area contributed by atoms with E-state index in [1.54, 1.807) is 7.11 Å². The molecule has 0 aromatic rings. The second kappa shape index (κ2) is 7.20. The molecule has 0 aromatic carbocycles. The lowest BCUT2D eigenvalue weighted by atomic mass is 10.0. The van der Waals surface area contributed by atoms with E-state index in [9.17, 15) is 0 Å². The first-order valence-electron chi connectivity index (χ1n) is 6.13. The zero-order valence-electron chi connectivity index (χ0n) is 9.93. The molecule has 0 spiro atoms. The minimum absolute atomic E-state index is 0.331. The molecule has 0 radical (unpaired) electrons. The predicted octanol–water partition coefficient (Wildman–Crippen LogP) is 1.56. The molecule has 0 atom stereocenters. The summed E-state index contributed by atoms with van der Waals surface area (Å²) in [6.45, 7) is 3.47. The fourth-order valence-electron chi connectivity index (χ4n) is 1.90. The van der Waals surface area contributed by atoms with Gasteiger partial charge in [-0.2, -0.15) is 0 Å². The fraction of sp³-hybridized carbons (Fsp3) is 1.00. The maximum atomic E-state index is 8.62. The lowest BCUT2D eigenvalue weighted by Crippen LogP contribution is -2.25. The molecule has 0 bridgehead atoms. The molecule has 0 aromatic heterocycles. The lowest BCUT2D eigenvalue weighted by molar-refractivity contribution is 0.171. The molecule has 0 heterocycles. The third-order valence-electron chi connectivity index (χ3n) is 3.31. The third kappa shape index (κ3) is 5.50. The Morgan fingerprint density at radius 1 is 1.27 bits per heavy atom. The van der Waals surface area contributed by atoms with Crippen LogP contribution < -0.4 is 5.32 Å². The summed E-state index contributed by atoms with van der Waals surface area (Å²) >= 11 is 0. The van der Waals surface area contributed by atoms with E-state index >= 15 is 0 Å². The molecule has 1 aliphatic carbocycles. The van der Waals surface area contributed by atoms with E-state index in [1.165, 1.54) is 25.7 Å². The summed E-state index contributed by atoms with van der Waals surface area (Å²) in [5.41, 5.74) is 0.562. The third-order valence-corrected chi connectivity index (χ3v) is 3.31. The maximum absolute atomic E-state index is 8.62. The summed E-state index contributed by atoms with van der Waals surface area (Å²) in [5, 5.41) is 12.1. The van der Waals surface area contributed by atoms with Crippen molar-refractivity contribution >= 4 is 0 Å². The van der Waals surface area contributed by atoms with Crippen LogP contribution >= 0.6 is 0 Å². The van der Waals surface area contributed by atoms with Crippen molar-refractivity contribution in [2.45, 2.75) is 38.5 Å². The molecule has 0 saturated heterocycles. The van der Waals surface area contributed by atoms with E-state index in [-0.39, 0.29) is 0 Å². The molecule has 0 amide bonds. The minimum Gasteiger partial charge on any atom is -0.396 e. The van der Waals surface area contributed by atoms with Crippen LogP contribution in [0.25, 0.3) is 0 Å². The Kier molecular flexibility index (Phi) is 6.22. The summed E-state index contributed by atoms with van der Waals surface area (Å²) in [7, 11) is 1.78. The Bertz CT molecular complexity index is 158. The van der Waals surface area contributed by atoms with Crippen LogP contribution in [0.2, 0.25) is 0 Å². The van der Waals surface area contributed by atoms with Crippen LogP contribution in [0.1, 0.15) is 38.5 Å². The van der Waals surface area contributed by atoms with Crippen molar-refractivity contribution in [3.05, 3.63) is 0 Å². The normalized spacial score (nSPS) is 18.0. The number of hydrogen-bond donors (Lipinski definition) is 2. The van der Waals surface area contributed by atoms with Crippen LogP contribution in [0, 0.1) is 5.41 Å². The Morgan fingerprint density at radius 3 is 2.67 bits per heavy atom. The van der Waals surface area contributed by atoms with Crippen LogP contribution in [-0.4, -0.2) is 38.5 Å². The Labute approximate surface area is 93.2 Å². The molecule has 2 N–H and O–H groups in total. The second-order valence-electron chi connectivity index (χ2n) is 4.70. The van der Waals surface area contributed by atoms with Gasteiger partial charge in [0.15, 0.2) is 0 Å². The smallest absolute Gasteiger partial charge is 0.0468 e. The van der Waals surface area contributed by atoms with E-state index in [1.807, 2.05) is 0 Å². The molecule has 0 aliphatic heterocycles. The standard InChI is InChI=1S/C12H25NO2/c1-15-10-7-12(5-6-12)11-13-8-3-2-4-9-14/h13-14H,2-11H2,1H3. The first-order valence-corrected chi connectivity index (χ1v) is 6.13. The molecule has 3 nitrogen and oxygen atoms in total. The molecule has 1 rings (SSSR count). The van der Waals surface area contributed by atoms with Gasteiger partial charge in [0.05, 0.1) is 0 Å². The largest absolute Gasteiger partial charge is 0.396 e. The topological polar surface area (TPSA) is 41.5 Å². The summed E-state index contributed by atoms with van der Waals surface area (Å²) < 4.78 is 5.12. The highest BCUT2D eigenvalue weighted by atomic mass is 16.5. The molecule has 90 valence electrons. The van der Waals surface area contributed by atoms with Crippen molar-refractivity contribution in [2.75, 3.05) is 33.4 Å². The number of hydrogen-bond acceptors (Lipinski definition) is 3. The average Bonchev–Trinajstić information content (AvgIpc) is 3.01. The van der Waals surface area contributed by atoms with Crippen LogP contribution in [0.5, 0.6) is 0 Å². The van der Waals surface area contributed by atoms with Gasteiger partial charge in [0.2, 0.25) is 0 Å². The molecule has 3 heteroatoms. The Hall–Kier alpha value is -0.120. The zero-order valence-corrected chi connectivity index (χ0v) is 9.93. The van der Waals surface area contributed by atoms with Gasteiger partial charge in [-0.15, -0.1) is 0 Å². The van der Waals surface area contributed by atoms with Gasteiger partial charge < -0.3 is 15.2 Å². The van der Waals surface area contributed by atoms with Gasteiger partial charge in [-0.1, -0.05) is 0 Å². The van der Waals surface area contributed by atoms with Crippen molar-refractivity contribution in [2.24, 2.45) is 5.41 Å². The zero-order chi connectivity index (χ0) is 11.0. The Morgan fingerprint density at radius 2 is 2.07 bits per heavy atom. The van der Waals surface area contributed by atoms with Crippen molar-refractivity contribution < 1.29 is 9.84 Å². The van der Waals surface area contributed by atoms with Gasteiger partial charge in [-0.3, -0.25) is 0 Å². The summed E-state index contributed by atoms with van der Waals surface area (Å²) in [5.74, 6) is 0. The number of rotatable bonds is 10. The monoisotopic (exact) mass is 215 g/mol. The van der Waals surface area contributed by atoms with Gasteiger partial charge in [-0.05, 0) is 50.5 Å². The van der Waals surface area contributed by atoms with Gasteiger partial charge in [-0.25, -0.2) is 0 Å². The Balaban J connectivity index is 1.90. The molecule has 1 saturated carbocycles. The van der Waals surface area contributed by atoms with E-state index in [0.717, 1.165) is 32.5 Å². The summed E-state index contributed by atoms with van der Waals surface area (Å²) in [6, 6.07) is 0. The van der Waals surface area contributed by atoms with E-state index in [0.29, 0.717) is 12.0 Å². The molecule has 1 fully saturated rings. The van der Waals surface area contributed by atoms with Crippen molar-refractivity contribution in [1.29, 1.82) is 0 Å². The number of nitrogens with one attached hydrogen (secondary N) is 1. The fourth-order valence-corrected chi connectivity index (χ4v) is 1.90. The second-order valence-corrected chi connectivity index (χ2v) is 4.70.